The molecule has 0 aromatic carbocycles. The van der Waals surface area contributed by atoms with Crippen LogP contribution in [0.15, 0.2) is 0 Å². The summed E-state index contributed by atoms with van der Waals surface area (Å²) in [5.74, 6) is 0. The standard InChI is InChI=1S/C10H22O2.2C3H7NO2/c11-9-7-5-3-1-2-4-6-8-10-12;2*1-2-6-3(4)5/h11-12H,1-10H2;2*2H2,1H3,(H2,4,5). The van der Waals surface area contributed by atoms with Gasteiger partial charge in [0.25, 0.3) is 0 Å². The Balaban J connectivity index is -0.000000309. The van der Waals surface area contributed by atoms with Crippen molar-refractivity contribution in [3.05, 3.63) is 0 Å². The third-order valence-corrected chi connectivity index (χ3v) is 2.64. The average molecular weight is 352 g/mol. The highest BCUT2D eigenvalue weighted by Crippen LogP contribution is 2.07. The Bertz CT molecular complexity index is 239. The van der Waals surface area contributed by atoms with Gasteiger partial charge < -0.3 is 31.2 Å². The molecule has 8 heteroatoms. The number of unbranched alkanes of at least 4 members (excludes halogenated alkanes) is 7. The Labute approximate surface area is 145 Å². The van der Waals surface area contributed by atoms with Crippen LogP contribution in [-0.2, 0) is 9.47 Å². The third kappa shape index (κ3) is 42.8. The van der Waals surface area contributed by atoms with Gasteiger partial charge in [-0.05, 0) is 26.7 Å². The van der Waals surface area contributed by atoms with Crippen molar-refractivity contribution in [1.29, 1.82) is 0 Å². The molecule has 0 spiro atoms. The highest BCUT2D eigenvalue weighted by atomic mass is 16.5. The molecule has 0 heterocycles. The van der Waals surface area contributed by atoms with E-state index in [1.54, 1.807) is 13.8 Å². The number of aliphatic hydroxyl groups is 2. The first-order valence-corrected chi connectivity index (χ1v) is 8.52. The maximum Gasteiger partial charge on any atom is 0.404 e. The van der Waals surface area contributed by atoms with E-state index >= 15 is 0 Å². The van der Waals surface area contributed by atoms with Crippen LogP contribution in [0.4, 0.5) is 9.59 Å². The van der Waals surface area contributed by atoms with Gasteiger partial charge in [0.15, 0.2) is 0 Å². The second-order valence-electron chi connectivity index (χ2n) is 4.78. The molecular formula is C16H36N2O6. The number of primary amides is 2. The molecule has 0 fully saturated rings. The van der Waals surface area contributed by atoms with Crippen LogP contribution >= 0.6 is 0 Å². The van der Waals surface area contributed by atoms with Crippen LogP contribution in [0, 0.1) is 0 Å². The van der Waals surface area contributed by atoms with Gasteiger partial charge in [0, 0.05) is 13.2 Å². The molecule has 0 aliphatic carbocycles. The number of nitrogens with two attached hydrogens (primary N) is 2. The van der Waals surface area contributed by atoms with E-state index in [2.05, 4.69) is 20.9 Å². The highest BCUT2D eigenvalue weighted by molar-refractivity contribution is 5.64. The second-order valence-corrected chi connectivity index (χ2v) is 4.78. The lowest BCUT2D eigenvalue weighted by molar-refractivity contribution is 0.162. The minimum absolute atomic E-state index is 0.338. The number of amides is 2. The van der Waals surface area contributed by atoms with Crippen LogP contribution < -0.4 is 11.5 Å². The van der Waals surface area contributed by atoms with Gasteiger partial charge in [-0.15, -0.1) is 0 Å². The Morgan fingerprint density at radius 3 is 1.04 bits per heavy atom. The van der Waals surface area contributed by atoms with E-state index in [0.29, 0.717) is 26.4 Å². The Hall–Kier alpha value is -1.54. The summed E-state index contributed by atoms with van der Waals surface area (Å²) in [5.41, 5.74) is 9.08. The molecule has 0 rings (SSSR count). The summed E-state index contributed by atoms with van der Waals surface area (Å²) in [4.78, 5) is 19.2. The van der Waals surface area contributed by atoms with Crippen LogP contribution in [0.25, 0.3) is 0 Å². The number of aliphatic hydroxyl groups excluding tert-OH is 2. The van der Waals surface area contributed by atoms with E-state index in [-0.39, 0.29) is 0 Å². The van der Waals surface area contributed by atoms with Crippen molar-refractivity contribution in [3.63, 3.8) is 0 Å². The Kier molecular flexibility index (Phi) is 30.0. The fraction of sp³-hybridized carbons (Fsp3) is 0.875. The van der Waals surface area contributed by atoms with E-state index in [4.69, 9.17) is 10.2 Å². The smallest absolute Gasteiger partial charge is 0.404 e. The number of ether oxygens (including phenoxy) is 2. The first-order valence-electron chi connectivity index (χ1n) is 8.52. The Morgan fingerprint density at radius 2 is 0.917 bits per heavy atom. The first kappa shape index (κ1) is 27.3. The molecule has 0 atom stereocenters. The van der Waals surface area contributed by atoms with E-state index in [9.17, 15) is 9.59 Å². The topological polar surface area (TPSA) is 145 Å². The van der Waals surface area contributed by atoms with Crippen molar-refractivity contribution in [2.24, 2.45) is 11.5 Å². The number of hydrogen-bond donors (Lipinski definition) is 4. The fourth-order valence-corrected chi connectivity index (χ4v) is 1.57. The van der Waals surface area contributed by atoms with Gasteiger partial charge in [-0.2, -0.15) is 0 Å². The molecule has 0 bridgehead atoms. The lowest BCUT2D eigenvalue weighted by Gasteiger charge is -1.99. The van der Waals surface area contributed by atoms with E-state index in [0.717, 1.165) is 25.7 Å². The molecule has 0 saturated heterocycles. The molecular weight excluding hydrogens is 316 g/mol. The van der Waals surface area contributed by atoms with Gasteiger partial charge in [-0.3, -0.25) is 0 Å². The van der Waals surface area contributed by atoms with Gasteiger partial charge in [-0.25, -0.2) is 9.59 Å². The zero-order valence-electron chi connectivity index (χ0n) is 15.2. The normalized spacial score (nSPS) is 9.00. The van der Waals surface area contributed by atoms with Crippen molar-refractivity contribution in [2.75, 3.05) is 26.4 Å². The highest BCUT2D eigenvalue weighted by Gasteiger charge is 1.90. The first-order chi connectivity index (χ1) is 11.5. The monoisotopic (exact) mass is 352 g/mol. The summed E-state index contributed by atoms with van der Waals surface area (Å²) < 4.78 is 8.36. The quantitative estimate of drug-likeness (QED) is 0.420. The van der Waals surface area contributed by atoms with E-state index in [1.165, 1.54) is 25.7 Å². The number of rotatable bonds is 11. The van der Waals surface area contributed by atoms with Crippen molar-refractivity contribution in [3.8, 4) is 0 Å². The zero-order valence-corrected chi connectivity index (χ0v) is 15.2. The summed E-state index contributed by atoms with van der Waals surface area (Å²) >= 11 is 0. The summed E-state index contributed by atoms with van der Waals surface area (Å²) in [6, 6.07) is 0. The fourth-order valence-electron chi connectivity index (χ4n) is 1.57. The van der Waals surface area contributed by atoms with Gasteiger partial charge >= 0.3 is 12.2 Å². The number of carbonyl (C=O) groups is 2. The number of hydrogen-bond acceptors (Lipinski definition) is 6. The predicted octanol–water partition coefficient (Wildman–Crippen LogP) is 2.30. The average Bonchev–Trinajstić information content (AvgIpc) is 2.51. The van der Waals surface area contributed by atoms with Crippen LogP contribution in [0.3, 0.4) is 0 Å². The van der Waals surface area contributed by atoms with Crippen LogP contribution in [0.5, 0.6) is 0 Å². The van der Waals surface area contributed by atoms with Crippen molar-refractivity contribution in [1.82, 2.24) is 0 Å². The summed E-state index contributed by atoms with van der Waals surface area (Å²) in [6.45, 7) is 4.79. The summed E-state index contributed by atoms with van der Waals surface area (Å²) in [5, 5.41) is 17.0. The second kappa shape index (κ2) is 26.4. The largest absolute Gasteiger partial charge is 0.450 e. The molecule has 0 aliphatic rings. The van der Waals surface area contributed by atoms with Crippen molar-refractivity contribution < 1.29 is 29.3 Å². The molecule has 0 aromatic rings. The molecule has 6 N–H and O–H groups in total. The lowest BCUT2D eigenvalue weighted by Crippen LogP contribution is -2.11. The summed E-state index contributed by atoms with van der Waals surface area (Å²) in [6.07, 6.45) is 7.88. The maximum atomic E-state index is 9.60. The van der Waals surface area contributed by atoms with Gasteiger partial charge in [-0.1, -0.05) is 38.5 Å². The molecule has 0 aromatic heterocycles. The molecule has 24 heavy (non-hydrogen) atoms. The van der Waals surface area contributed by atoms with Crippen LogP contribution in [-0.4, -0.2) is 48.8 Å². The van der Waals surface area contributed by atoms with Gasteiger partial charge in [0.05, 0.1) is 13.2 Å². The minimum Gasteiger partial charge on any atom is -0.450 e. The number of carbonyl (C=O) groups excluding carboxylic acids is 2. The van der Waals surface area contributed by atoms with E-state index in [1.807, 2.05) is 0 Å². The maximum absolute atomic E-state index is 9.60. The van der Waals surface area contributed by atoms with Crippen LogP contribution in [0.2, 0.25) is 0 Å². The molecule has 0 saturated carbocycles. The van der Waals surface area contributed by atoms with Crippen LogP contribution in [0.1, 0.15) is 65.2 Å². The summed E-state index contributed by atoms with van der Waals surface area (Å²) in [7, 11) is 0. The van der Waals surface area contributed by atoms with E-state index < -0.39 is 12.2 Å². The predicted molar refractivity (Wildman–Crippen MR) is 93.5 cm³/mol. The molecule has 8 nitrogen and oxygen atoms in total. The molecule has 0 radical (unpaired) electrons. The third-order valence-electron chi connectivity index (χ3n) is 2.64. The van der Waals surface area contributed by atoms with Gasteiger partial charge in [0.1, 0.15) is 0 Å². The Morgan fingerprint density at radius 1 is 0.667 bits per heavy atom. The molecule has 146 valence electrons. The lowest BCUT2D eigenvalue weighted by atomic mass is 10.1. The van der Waals surface area contributed by atoms with Crippen molar-refractivity contribution >= 4 is 12.2 Å². The molecule has 0 aliphatic heterocycles. The van der Waals surface area contributed by atoms with Crippen molar-refractivity contribution in [2.45, 2.75) is 65.2 Å². The molecule has 2 amide bonds. The van der Waals surface area contributed by atoms with Gasteiger partial charge in [0.2, 0.25) is 0 Å². The minimum atomic E-state index is -0.711. The SMILES string of the molecule is CCOC(N)=O.CCOC(N)=O.OCCCCCCCCCCO. The zero-order chi connectivity index (χ0) is 19.1. The molecule has 0 unspecified atom stereocenters.